The second-order valence-corrected chi connectivity index (χ2v) is 9.58. The van der Waals surface area contributed by atoms with Crippen molar-refractivity contribution in [2.24, 2.45) is 17.8 Å². The van der Waals surface area contributed by atoms with Gasteiger partial charge in [-0.15, -0.1) is 0 Å². The number of nitrogens with one attached hydrogen (secondary N) is 2. The summed E-state index contributed by atoms with van der Waals surface area (Å²) in [5.74, 6) is -2.13. The number of carbonyl (C=O) groups is 3. The Morgan fingerprint density at radius 3 is 2.53 bits per heavy atom. The molecule has 0 aromatic rings. The summed E-state index contributed by atoms with van der Waals surface area (Å²) in [6.45, 7) is 8.11. The van der Waals surface area contributed by atoms with Crippen molar-refractivity contribution in [2.75, 3.05) is 20.2 Å². The van der Waals surface area contributed by atoms with Gasteiger partial charge in [-0.2, -0.15) is 0 Å². The first-order chi connectivity index (χ1) is 14.2. The van der Waals surface area contributed by atoms with Crippen LogP contribution in [0.15, 0.2) is 0 Å². The van der Waals surface area contributed by atoms with E-state index >= 15 is 0 Å². The van der Waals surface area contributed by atoms with Gasteiger partial charge in [0.25, 0.3) is 0 Å². The summed E-state index contributed by atoms with van der Waals surface area (Å²) < 4.78 is 6.48. The Hall–Kier alpha value is -1.67. The van der Waals surface area contributed by atoms with Crippen molar-refractivity contribution in [2.45, 2.75) is 83.1 Å². The van der Waals surface area contributed by atoms with Crippen LogP contribution in [0.1, 0.15) is 59.8 Å². The SMILES string of the molecule is CCCCCNC(=O)C1N([C@@H](CO)C(C)C)C(=O)[C@@H]2[C@H](C(=O)NC)[C@]3(C)CCC12O3. The number of hydrogen-bond acceptors (Lipinski definition) is 5. The standard InChI is InChI=1S/C22H37N3O5/c1-6-7-8-11-24-19(28)17-22-10-9-21(4,30-22)15(18(27)23-5)16(22)20(29)25(17)14(12-26)13(2)3/h13-17,26H,6-12H2,1-5H3,(H,23,27)(H,24,28)/t14-,15+,16-,17?,21-,22?/m0/s1. The van der Waals surface area contributed by atoms with E-state index in [0.29, 0.717) is 19.4 Å². The van der Waals surface area contributed by atoms with Crippen molar-refractivity contribution < 1.29 is 24.2 Å². The Labute approximate surface area is 179 Å². The van der Waals surface area contributed by atoms with Crippen molar-refractivity contribution in [3.05, 3.63) is 0 Å². The molecular weight excluding hydrogens is 386 g/mol. The minimum absolute atomic E-state index is 0.0455. The van der Waals surface area contributed by atoms with Gasteiger partial charge in [-0.3, -0.25) is 14.4 Å². The highest BCUT2D eigenvalue weighted by molar-refractivity contribution is 5.99. The summed E-state index contributed by atoms with van der Waals surface area (Å²) in [7, 11) is 1.56. The molecule has 0 aromatic heterocycles. The van der Waals surface area contributed by atoms with E-state index in [0.717, 1.165) is 19.3 Å². The smallest absolute Gasteiger partial charge is 0.245 e. The zero-order valence-electron chi connectivity index (χ0n) is 18.9. The van der Waals surface area contributed by atoms with E-state index in [1.54, 1.807) is 7.05 Å². The third-order valence-corrected chi connectivity index (χ3v) is 7.39. The Morgan fingerprint density at radius 2 is 1.97 bits per heavy atom. The molecule has 6 atom stereocenters. The third kappa shape index (κ3) is 3.32. The van der Waals surface area contributed by atoms with Crippen LogP contribution in [0.2, 0.25) is 0 Å². The molecule has 3 rings (SSSR count). The zero-order valence-corrected chi connectivity index (χ0v) is 18.9. The van der Waals surface area contributed by atoms with E-state index in [4.69, 9.17) is 4.74 Å². The van der Waals surface area contributed by atoms with Crippen LogP contribution in [-0.4, -0.2) is 71.2 Å². The fourth-order valence-electron chi connectivity index (χ4n) is 5.88. The zero-order chi connectivity index (χ0) is 22.3. The summed E-state index contributed by atoms with van der Waals surface area (Å²) >= 11 is 0. The molecule has 8 heteroatoms. The highest BCUT2D eigenvalue weighted by Gasteiger charge is 2.78. The van der Waals surface area contributed by atoms with E-state index < -0.39 is 35.1 Å². The molecule has 3 saturated heterocycles. The summed E-state index contributed by atoms with van der Waals surface area (Å²) in [5, 5.41) is 15.8. The van der Waals surface area contributed by atoms with Gasteiger partial charge in [-0.1, -0.05) is 33.6 Å². The van der Waals surface area contributed by atoms with Crippen molar-refractivity contribution in [1.29, 1.82) is 0 Å². The van der Waals surface area contributed by atoms with Crippen molar-refractivity contribution in [1.82, 2.24) is 15.5 Å². The van der Waals surface area contributed by atoms with Crippen molar-refractivity contribution in [3.8, 4) is 0 Å². The van der Waals surface area contributed by atoms with Gasteiger partial charge >= 0.3 is 0 Å². The first-order valence-corrected chi connectivity index (χ1v) is 11.3. The molecule has 8 nitrogen and oxygen atoms in total. The van der Waals surface area contributed by atoms with Gasteiger partial charge in [-0.05, 0) is 32.1 Å². The molecule has 0 aliphatic carbocycles. The number of likely N-dealkylation sites (tertiary alicyclic amines) is 1. The van der Waals surface area contributed by atoms with Gasteiger partial charge < -0.3 is 25.4 Å². The molecule has 0 aromatic carbocycles. The van der Waals surface area contributed by atoms with Gasteiger partial charge in [0.15, 0.2) is 0 Å². The number of rotatable bonds is 9. The van der Waals surface area contributed by atoms with Crippen LogP contribution in [0.3, 0.4) is 0 Å². The van der Waals surface area contributed by atoms with Crippen LogP contribution in [0.5, 0.6) is 0 Å². The molecular formula is C22H37N3O5. The molecule has 0 radical (unpaired) electrons. The fraction of sp³-hybridized carbons (Fsp3) is 0.864. The van der Waals surface area contributed by atoms with Gasteiger partial charge in [-0.25, -0.2) is 0 Å². The molecule has 170 valence electrons. The van der Waals surface area contributed by atoms with Crippen LogP contribution >= 0.6 is 0 Å². The monoisotopic (exact) mass is 423 g/mol. The van der Waals surface area contributed by atoms with E-state index in [2.05, 4.69) is 17.6 Å². The molecule has 2 unspecified atom stereocenters. The number of nitrogens with zero attached hydrogens (tertiary/aromatic N) is 1. The number of fused-ring (bicyclic) bond motifs is 1. The van der Waals surface area contributed by atoms with Gasteiger partial charge in [0.05, 0.1) is 30.1 Å². The van der Waals surface area contributed by atoms with E-state index in [1.807, 2.05) is 20.8 Å². The maximum Gasteiger partial charge on any atom is 0.245 e. The number of amides is 3. The lowest BCUT2D eigenvalue weighted by atomic mass is 9.66. The second-order valence-electron chi connectivity index (χ2n) is 9.58. The summed E-state index contributed by atoms with van der Waals surface area (Å²) in [6, 6.07) is -1.35. The molecule has 3 heterocycles. The Balaban J connectivity index is 2.01. The molecule has 3 fully saturated rings. The van der Waals surface area contributed by atoms with E-state index in [1.165, 1.54) is 4.90 Å². The Kier molecular flexibility index (Phi) is 6.49. The normalized spacial score (nSPS) is 35.6. The van der Waals surface area contributed by atoms with Gasteiger partial charge in [0.2, 0.25) is 17.7 Å². The highest BCUT2D eigenvalue weighted by atomic mass is 16.5. The van der Waals surface area contributed by atoms with Gasteiger partial charge in [0, 0.05) is 13.6 Å². The summed E-state index contributed by atoms with van der Waals surface area (Å²) in [4.78, 5) is 41.4. The quantitative estimate of drug-likeness (QED) is 0.476. The lowest BCUT2D eigenvalue weighted by Gasteiger charge is -2.38. The van der Waals surface area contributed by atoms with Crippen LogP contribution < -0.4 is 10.6 Å². The molecule has 3 aliphatic heterocycles. The molecule has 1 spiro atoms. The van der Waals surface area contributed by atoms with Crippen LogP contribution in [0, 0.1) is 17.8 Å². The first kappa shape index (κ1) is 23.0. The lowest BCUT2D eigenvalue weighted by molar-refractivity contribution is -0.150. The van der Waals surface area contributed by atoms with Crippen LogP contribution in [0.4, 0.5) is 0 Å². The number of aliphatic hydroxyl groups is 1. The second kappa shape index (κ2) is 8.46. The van der Waals surface area contributed by atoms with E-state index in [9.17, 15) is 19.5 Å². The molecule has 0 saturated carbocycles. The summed E-state index contributed by atoms with van der Waals surface area (Å²) in [5.41, 5.74) is -1.79. The predicted molar refractivity (Wildman–Crippen MR) is 111 cm³/mol. The molecule has 3 amide bonds. The number of unbranched alkanes of at least 4 members (excludes halogenated alkanes) is 2. The first-order valence-electron chi connectivity index (χ1n) is 11.3. The van der Waals surface area contributed by atoms with Crippen LogP contribution in [-0.2, 0) is 19.1 Å². The van der Waals surface area contributed by atoms with Crippen molar-refractivity contribution >= 4 is 17.7 Å². The number of ether oxygens (including phenoxy) is 1. The minimum atomic E-state index is -1.03. The van der Waals surface area contributed by atoms with Crippen LogP contribution in [0.25, 0.3) is 0 Å². The number of carbonyl (C=O) groups excluding carboxylic acids is 3. The minimum Gasteiger partial charge on any atom is -0.394 e. The Bertz CT molecular complexity index is 698. The lowest BCUT2D eigenvalue weighted by Crippen LogP contribution is -2.59. The number of hydrogen-bond donors (Lipinski definition) is 3. The molecule has 30 heavy (non-hydrogen) atoms. The predicted octanol–water partition coefficient (Wildman–Crippen LogP) is 0.820. The third-order valence-electron chi connectivity index (χ3n) is 7.39. The maximum absolute atomic E-state index is 13.7. The maximum atomic E-state index is 13.7. The average molecular weight is 424 g/mol. The highest BCUT2D eigenvalue weighted by Crippen LogP contribution is 2.63. The Morgan fingerprint density at radius 1 is 1.27 bits per heavy atom. The summed E-state index contributed by atoms with van der Waals surface area (Å²) in [6.07, 6.45) is 4.10. The average Bonchev–Trinajstić information content (AvgIpc) is 3.26. The molecule has 3 aliphatic rings. The molecule has 2 bridgehead atoms. The fourth-order valence-corrected chi connectivity index (χ4v) is 5.88. The largest absolute Gasteiger partial charge is 0.394 e. The topological polar surface area (TPSA) is 108 Å². The van der Waals surface area contributed by atoms with E-state index in [-0.39, 0.29) is 30.2 Å². The number of aliphatic hydroxyl groups excluding tert-OH is 1. The van der Waals surface area contributed by atoms with Gasteiger partial charge in [0.1, 0.15) is 11.6 Å². The van der Waals surface area contributed by atoms with Crippen molar-refractivity contribution in [3.63, 3.8) is 0 Å². The molecule has 3 N–H and O–H groups in total.